The summed E-state index contributed by atoms with van der Waals surface area (Å²) in [7, 11) is 0. The average Bonchev–Trinajstić information content (AvgIpc) is 2.78. The van der Waals surface area contributed by atoms with Crippen molar-refractivity contribution in [3.8, 4) is 0 Å². The summed E-state index contributed by atoms with van der Waals surface area (Å²) in [6, 6.07) is 0. The fourth-order valence-corrected chi connectivity index (χ4v) is 5.84. The Morgan fingerprint density at radius 2 is 1.04 bits per heavy atom. The zero-order valence-electron chi connectivity index (χ0n) is 17.2. The molecule has 2 heteroatoms. The van der Waals surface area contributed by atoms with Crippen LogP contribution >= 0.6 is 0 Å². The molecule has 0 spiro atoms. The van der Waals surface area contributed by atoms with Crippen LogP contribution in [-0.4, -0.2) is 12.3 Å². The van der Waals surface area contributed by atoms with Crippen molar-refractivity contribution in [2.75, 3.05) is 0 Å². The molecule has 4 atom stereocenters. The molecular formula is C23H42F2. The molecule has 0 N–H and O–H groups in total. The van der Waals surface area contributed by atoms with E-state index in [9.17, 15) is 8.78 Å². The van der Waals surface area contributed by atoms with E-state index >= 15 is 0 Å². The molecule has 148 valence electrons. The van der Waals surface area contributed by atoms with Gasteiger partial charge in [-0.05, 0) is 86.9 Å². The molecule has 3 aliphatic rings. The maximum atomic E-state index is 14.7. The summed E-state index contributed by atoms with van der Waals surface area (Å²) in [5.74, 6) is 3.09. The van der Waals surface area contributed by atoms with Gasteiger partial charge in [0.2, 0.25) is 0 Å². The SMILES string of the molecule is CC.CC1CCC(C2CCC(C3CCCC(C)C(F)C3F)CC2)CC1. The lowest BCUT2D eigenvalue weighted by Gasteiger charge is -2.40. The molecule has 3 aliphatic carbocycles. The van der Waals surface area contributed by atoms with E-state index in [0.29, 0.717) is 5.92 Å². The Labute approximate surface area is 155 Å². The molecule has 0 aromatic heterocycles. The average molecular weight is 357 g/mol. The normalized spacial score (nSPS) is 45.8. The van der Waals surface area contributed by atoms with Gasteiger partial charge in [0.1, 0.15) is 12.3 Å². The minimum absolute atomic E-state index is 0.00211. The van der Waals surface area contributed by atoms with Crippen LogP contribution in [-0.2, 0) is 0 Å². The Hall–Kier alpha value is -0.140. The second kappa shape index (κ2) is 10.3. The maximum Gasteiger partial charge on any atom is 0.134 e. The van der Waals surface area contributed by atoms with Crippen molar-refractivity contribution in [1.29, 1.82) is 0 Å². The first kappa shape index (κ1) is 21.2. The Kier molecular flexibility index (Phi) is 8.69. The van der Waals surface area contributed by atoms with E-state index in [4.69, 9.17) is 0 Å². The highest BCUT2D eigenvalue weighted by molar-refractivity contribution is 4.90. The molecule has 4 unspecified atom stereocenters. The van der Waals surface area contributed by atoms with Gasteiger partial charge in [0.05, 0.1) is 0 Å². The van der Waals surface area contributed by atoms with Gasteiger partial charge in [-0.1, -0.05) is 47.0 Å². The first-order valence-corrected chi connectivity index (χ1v) is 11.3. The van der Waals surface area contributed by atoms with Gasteiger partial charge in [-0.25, -0.2) is 8.78 Å². The topological polar surface area (TPSA) is 0 Å². The largest absolute Gasteiger partial charge is 0.244 e. The van der Waals surface area contributed by atoms with Gasteiger partial charge in [-0.3, -0.25) is 0 Å². The lowest BCUT2D eigenvalue weighted by molar-refractivity contribution is 0.0366. The minimum Gasteiger partial charge on any atom is -0.244 e. The highest BCUT2D eigenvalue weighted by atomic mass is 19.2. The Morgan fingerprint density at radius 1 is 0.560 bits per heavy atom. The van der Waals surface area contributed by atoms with Gasteiger partial charge in [0.15, 0.2) is 0 Å². The van der Waals surface area contributed by atoms with Crippen LogP contribution in [0.1, 0.15) is 98.3 Å². The second-order valence-electron chi connectivity index (χ2n) is 9.16. The van der Waals surface area contributed by atoms with Crippen molar-refractivity contribution in [2.24, 2.45) is 35.5 Å². The summed E-state index contributed by atoms with van der Waals surface area (Å²) in [6.45, 7) is 8.27. The minimum atomic E-state index is -1.22. The molecule has 0 radical (unpaired) electrons. The molecule has 3 rings (SSSR count). The maximum absolute atomic E-state index is 14.7. The van der Waals surface area contributed by atoms with Gasteiger partial charge in [-0.15, -0.1) is 0 Å². The quantitative estimate of drug-likeness (QED) is 0.443. The van der Waals surface area contributed by atoms with E-state index < -0.39 is 12.3 Å². The first-order valence-electron chi connectivity index (χ1n) is 11.3. The van der Waals surface area contributed by atoms with Gasteiger partial charge < -0.3 is 0 Å². The molecular weight excluding hydrogens is 314 g/mol. The first-order chi connectivity index (χ1) is 12.1. The molecule has 3 fully saturated rings. The zero-order valence-corrected chi connectivity index (χ0v) is 17.2. The Balaban J connectivity index is 0.00000109. The van der Waals surface area contributed by atoms with Crippen molar-refractivity contribution >= 4 is 0 Å². The molecule has 0 amide bonds. The van der Waals surface area contributed by atoms with E-state index in [0.717, 1.165) is 49.9 Å². The number of hydrogen-bond acceptors (Lipinski definition) is 0. The predicted octanol–water partition coefficient (Wildman–Crippen LogP) is 7.76. The summed E-state index contributed by atoms with van der Waals surface area (Å²) < 4.78 is 28.9. The van der Waals surface area contributed by atoms with E-state index in [1.165, 1.54) is 38.5 Å². The molecule has 0 aromatic carbocycles. The third-order valence-corrected chi connectivity index (χ3v) is 7.60. The van der Waals surface area contributed by atoms with Gasteiger partial charge in [-0.2, -0.15) is 0 Å². The van der Waals surface area contributed by atoms with Crippen LogP contribution in [0.3, 0.4) is 0 Å². The van der Waals surface area contributed by atoms with Crippen LogP contribution in [0, 0.1) is 35.5 Å². The summed E-state index contributed by atoms with van der Waals surface area (Å²) in [4.78, 5) is 0. The van der Waals surface area contributed by atoms with E-state index in [-0.39, 0.29) is 11.8 Å². The summed E-state index contributed by atoms with van der Waals surface area (Å²) >= 11 is 0. The third kappa shape index (κ3) is 5.42. The number of alkyl halides is 2. The van der Waals surface area contributed by atoms with Crippen molar-refractivity contribution in [3.05, 3.63) is 0 Å². The van der Waals surface area contributed by atoms with Crippen LogP contribution in [0.5, 0.6) is 0 Å². The Morgan fingerprint density at radius 3 is 1.60 bits per heavy atom. The van der Waals surface area contributed by atoms with Crippen LogP contribution in [0.25, 0.3) is 0 Å². The molecule has 3 saturated carbocycles. The zero-order chi connectivity index (χ0) is 18.4. The lowest BCUT2D eigenvalue weighted by atomic mass is 9.66. The molecule has 0 aliphatic heterocycles. The molecule has 0 saturated heterocycles. The fourth-order valence-electron chi connectivity index (χ4n) is 5.84. The van der Waals surface area contributed by atoms with Crippen LogP contribution in [0.4, 0.5) is 8.78 Å². The van der Waals surface area contributed by atoms with Gasteiger partial charge in [0, 0.05) is 0 Å². The smallest absolute Gasteiger partial charge is 0.134 e. The van der Waals surface area contributed by atoms with E-state index in [1.807, 2.05) is 20.8 Å². The second-order valence-corrected chi connectivity index (χ2v) is 9.16. The number of hydrogen-bond donors (Lipinski definition) is 0. The van der Waals surface area contributed by atoms with Gasteiger partial charge >= 0.3 is 0 Å². The van der Waals surface area contributed by atoms with Crippen LogP contribution in [0.15, 0.2) is 0 Å². The number of rotatable bonds is 2. The Bertz CT molecular complexity index is 353. The lowest BCUT2D eigenvalue weighted by Crippen LogP contribution is -2.36. The van der Waals surface area contributed by atoms with E-state index in [2.05, 4.69) is 6.92 Å². The summed E-state index contributed by atoms with van der Waals surface area (Å²) in [5.41, 5.74) is 0. The van der Waals surface area contributed by atoms with Crippen molar-refractivity contribution in [3.63, 3.8) is 0 Å². The van der Waals surface area contributed by atoms with Crippen molar-refractivity contribution < 1.29 is 8.78 Å². The number of halogens is 2. The van der Waals surface area contributed by atoms with Crippen molar-refractivity contribution in [2.45, 2.75) is 111 Å². The van der Waals surface area contributed by atoms with Crippen molar-refractivity contribution in [1.82, 2.24) is 0 Å². The molecule has 0 nitrogen and oxygen atoms in total. The predicted molar refractivity (Wildman–Crippen MR) is 104 cm³/mol. The third-order valence-electron chi connectivity index (χ3n) is 7.60. The molecule has 25 heavy (non-hydrogen) atoms. The summed E-state index contributed by atoms with van der Waals surface area (Å²) in [5, 5.41) is 0. The van der Waals surface area contributed by atoms with Crippen LogP contribution in [0.2, 0.25) is 0 Å². The van der Waals surface area contributed by atoms with E-state index in [1.54, 1.807) is 0 Å². The standard InChI is InChI=1S/C21H36F2.C2H6/c1-14-6-8-16(9-7-14)17-10-12-18(13-11-17)19-5-3-4-15(2)20(22)21(19)23;1-2/h14-21H,3-13H2,1-2H3;1-2H3. The monoisotopic (exact) mass is 356 g/mol. The van der Waals surface area contributed by atoms with Gasteiger partial charge in [0.25, 0.3) is 0 Å². The highest BCUT2D eigenvalue weighted by Crippen LogP contribution is 2.46. The highest BCUT2D eigenvalue weighted by Gasteiger charge is 2.41. The fraction of sp³-hybridized carbons (Fsp3) is 1.00. The molecule has 0 bridgehead atoms. The summed E-state index contributed by atoms with van der Waals surface area (Å²) in [6.07, 6.45) is 10.9. The molecule has 0 aromatic rings. The van der Waals surface area contributed by atoms with Crippen LogP contribution < -0.4 is 0 Å². The molecule has 0 heterocycles.